The van der Waals surface area contributed by atoms with Gasteiger partial charge in [0.2, 0.25) is 0 Å². The fourth-order valence-electron chi connectivity index (χ4n) is 3.44. The second-order valence-electron chi connectivity index (χ2n) is 6.90. The lowest BCUT2D eigenvalue weighted by molar-refractivity contribution is 0.414. The van der Waals surface area contributed by atoms with Gasteiger partial charge in [-0.15, -0.1) is 11.3 Å². The molecule has 3 nitrogen and oxygen atoms in total. The molecule has 4 heteroatoms. The van der Waals surface area contributed by atoms with E-state index in [-0.39, 0.29) is 0 Å². The van der Waals surface area contributed by atoms with Crippen LogP contribution in [0.4, 0.5) is 0 Å². The standard InChI is InChI=1S/C24H24N2OS/c1-17-6-3-8-19-15-20(24(26-23(17)19)22-10-5-13-28-22)16-25-12-11-18-7-4-9-21(14-18)27-2/h3-10,13-15,25H,11-12,16H2,1-2H3. The first kappa shape index (κ1) is 18.7. The molecule has 0 unspecified atom stereocenters. The van der Waals surface area contributed by atoms with Gasteiger partial charge in [-0.2, -0.15) is 0 Å². The quantitative estimate of drug-likeness (QED) is 0.418. The molecule has 0 aliphatic carbocycles. The molecular formula is C24H24N2OS. The SMILES string of the molecule is COc1cccc(CCNCc2cc3cccc(C)c3nc2-c2cccs2)c1. The minimum absolute atomic E-state index is 0.800. The third-order valence-corrected chi connectivity index (χ3v) is 5.80. The molecular weight excluding hydrogens is 364 g/mol. The Morgan fingerprint density at radius 1 is 1.04 bits per heavy atom. The zero-order chi connectivity index (χ0) is 19.3. The van der Waals surface area contributed by atoms with Crippen molar-refractivity contribution in [2.24, 2.45) is 0 Å². The van der Waals surface area contributed by atoms with Gasteiger partial charge in [-0.25, -0.2) is 4.98 Å². The van der Waals surface area contributed by atoms with Crippen molar-refractivity contribution in [2.75, 3.05) is 13.7 Å². The molecule has 4 aromatic rings. The predicted octanol–water partition coefficient (Wildman–Crippen LogP) is 5.61. The number of aromatic nitrogens is 1. The highest BCUT2D eigenvalue weighted by Crippen LogP contribution is 2.30. The molecule has 2 aromatic carbocycles. The molecule has 1 N–H and O–H groups in total. The lowest BCUT2D eigenvalue weighted by Crippen LogP contribution is -2.17. The summed E-state index contributed by atoms with van der Waals surface area (Å²) in [6, 6.07) is 21.1. The zero-order valence-corrected chi connectivity index (χ0v) is 17.1. The first-order valence-electron chi connectivity index (χ1n) is 9.51. The average Bonchev–Trinajstić information content (AvgIpc) is 3.26. The number of hydrogen-bond donors (Lipinski definition) is 1. The predicted molar refractivity (Wildman–Crippen MR) is 118 cm³/mol. The van der Waals surface area contributed by atoms with E-state index in [1.54, 1.807) is 18.4 Å². The second kappa shape index (κ2) is 8.55. The maximum Gasteiger partial charge on any atom is 0.119 e. The Morgan fingerprint density at radius 3 is 2.75 bits per heavy atom. The summed E-state index contributed by atoms with van der Waals surface area (Å²) in [7, 11) is 1.71. The van der Waals surface area contributed by atoms with E-state index in [9.17, 15) is 0 Å². The third kappa shape index (κ3) is 4.08. The van der Waals surface area contributed by atoms with Crippen LogP contribution in [0.2, 0.25) is 0 Å². The monoisotopic (exact) mass is 388 g/mol. The largest absolute Gasteiger partial charge is 0.497 e. The molecule has 0 amide bonds. The number of aryl methyl sites for hydroxylation is 1. The number of benzene rings is 2. The number of para-hydroxylation sites is 1. The molecule has 0 radical (unpaired) electrons. The van der Waals surface area contributed by atoms with Crippen LogP contribution in [0.25, 0.3) is 21.5 Å². The van der Waals surface area contributed by atoms with Crippen LogP contribution in [0.3, 0.4) is 0 Å². The summed E-state index contributed by atoms with van der Waals surface area (Å²) in [5, 5.41) is 6.90. The smallest absolute Gasteiger partial charge is 0.119 e. The average molecular weight is 389 g/mol. The summed E-state index contributed by atoms with van der Waals surface area (Å²) in [4.78, 5) is 6.25. The van der Waals surface area contributed by atoms with E-state index >= 15 is 0 Å². The van der Waals surface area contributed by atoms with Gasteiger partial charge in [-0.05, 0) is 66.2 Å². The lowest BCUT2D eigenvalue weighted by atomic mass is 10.1. The van der Waals surface area contributed by atoms with Crippen molar-refractivity contribution in [1.82, 2.24) is 10.3 Å². The van der Waals surface area contributed by atoms with Crippen LogP contribution < -0.4 is 10.1 Å². The highest BCUT2D eigenvalue weighted by molar-refractivity contribution is 7.13. The summed E-state index contributed by atoms with van der Waals surface area (Å²) >= 11 is 1.74. The van der Waals surface area contributed by atoms with Gasteiger partial charge in [0.05, 0.1) is 23.2 Å². The number of ether oxygens (including phenoxy) is 1. The summed E-state index contributed by atoms with van der Waals surface area (Å²) in [5.41, 5.74) is 5.91. The molecule has 0 saturated carbocycles. The van der Waals surface area contributed by atoms with E-state index in [1.807, 2.05) is 12.1 Å². The number of thiophene rings is 1. The van der Waals surface area contributed by atoms with Crippen LogP contribution in [-0.2, 0) is 13.0 Å². The normalized spacial score (nSPS) is 11.1. The van der Waals surface area contributed by atoms with Gasteiger partial charge < -0.3 is 10.1 Å². The van der Waals surface area contributed by atoms with Gasteiger partial charge in [0.15, 0.2) is 0 Å². The van der Waals surface area contributed by atoms with Gasteiger partial charge in [-0.3, -0.25) is 0 Å². The van der Waals surface area contributed by atoms with Crippen LogP contribution in [0.1, 0.15) is 16.7 Å². The summed E-state index contributed by atoms with van der Waals surface area (Å²) in [5.74, 6) is 0.909. The molecule has 0 spiro atoms. The van der Waals surface area contributed by atoms with Crippen molar-refractivity contribution in [1.29, 1.82) is 0 Å². The summed E-state index contributed by atoms with van der Waals surface area (Å²) in [6.07, 6.45) is 0.964. The highest BCUT2D eigenvalue weighted by atomic mass is 32.1. The van der Waals surface area contributed by atoms with Gasteiger partial charge in [0.1, 0.15) is 5.75 Å². The number of hydrogen-bond acceptors (Lipinski definition) is 4. The van der Waals surface area contributed by atoms with E-state index in [0.29, 0.717) is 0 Å². The Labute approximate surface area is 170 Å². The fraction of sp³-hybridized carbons (Fsp3) is 0.208. The summed E-state index contributed by atoms with van der Waals surface area (Å²) in [6.45, 7) is 3.83. The van der Waals surface area contributed by atoms with Gasteiger partial charge in [0, 0.05) is 11.9 Å². The van der Waals surface area contributed by atoms with Crippen molar-refractivity contribution in [3.8, 4) is 16.3 Å². The molecule has 28 heavy (non-hydrogen) atoms. The van der Waals surface area contributed by atoms with E-state index < -0.39 is 0 Å². The number of nitrogens with zero attached hydrogens (tertiary/aromatic N) is 1. The first-order valence-corrected chi connectivity index (χ1v) is 10.4. The van der Waals surface area contributed by atoms with Crippen molar-refractivity contribution in [3.63, 3.8) is 0 Å². The molecule has 2 aromatic heterocycles. The maximum atomic E-state index is 5.31. The first-order chi connectivity index (χ1) is 13.7. The molecule has 4 rings (SSSR count). The zero-order valence-electron chi connectivity index (χ0n) is 16.2. The van der Waals surface area contributed by atoms with Crippen molar-refractivity contribution in [3.05, 3.63) is 82.7 Å². The van der Waals surface area contributed by atoms with Crippen LogP contribution in [0, 0.1) is 6.92 Å². The molecule has 0 saturated heterocycles. The topological polar surface area (TPSA) is 34.1 Å². The molecule has 0 bridgehead atoms. The molecule has 2 heterocycles. The molecule has 0 atom stereocenters. The van der Waals surface area contributed by atoms with Gasteiger partial charge >= 0.3 is 0 Å². The number of rotatable bonds is 7. The maximum absolute atomic E-state index is 5.31. The molecule has 0 fully saturated rings. The van der Waals surface area contributed by atoms with Crippen LogP contribution in [0.15, 0.2) is 66.0 Å². The van der Waals surface area contributed by atoms with Crippen molar-refractivity contribution in [2.45, 2.75) is 19.9 Å². The fourth-order valence-corrected chi connectivity index (χ4v) is 4.18. The molecule has 0 aliphatic rings. The van der Waals surface area contributed by atoms with E-state index in [4.69, 9.17) is 9.72 Å². The van der Waals surface area contributed by atoms with E-state index in [0.717, 1.165) is 36.5 Å². The van der Waals surface area contributed by atoms with Crippen molar-refractivity contribution >= 4 is 22.2 Å². The Balaban J connectivity index is 1.53. The Hall–Kier alpha value is -2.69. The third-order valence-electron chi connectivity index (χ3n) is 4.92. The van der Waals surface area contributed by atoms with Crippen LogP contribution in [0.5, 0.6) is 5.75 Å². The Kier molecular flexibility index (Phi) is 5.70. The van der Waals surface area contributed by atoms with Crippen molar-refractivity contribution < 1.29 is 4.74 Å². The van der Waals surface area contributed by atoms with Crippen LogP contribution in [-0.4, -0.2) is 18.6 Å². The second-order valence-corrected chi connectivity index (χ2v) is 7.85. The lowest BCUT2D eigenvalue weighted by Gasteiger charge is -2.12. The number of fused-ring (bicyclic) bond motifs is 1. The summed E-state index contributed by atoms with van der Waals surface area (Å²) < 4.78 is 5.31. The Morgan fingerprint density at radius 2 is 1.93 bits per heavy atom. The van der Waals surface area contributed by atoms with Crippen LogP contribution >= 0.6 is 11.3 Å². The van der Waals surface area contributed by atoms with E-state index in [2.05, 4.69) is 66.2 Å². The number of nitrogens with one attached hydrogen (secondary N) is 1. The Bertz CT molecular complexity index is 1070. The van der Waals surface area contributed by atoms with Gasteiger partial charge in [-0.1, -0.05) is 36.4 Å². The van der Waals surface area contributed by atoms with Gasteiger partial charge in [0.25, 0.3) is 0 Å². The number of methoxy groups -OCH3 is 1. The minimum Gasteiger partial charge on any atom is -0.497 e. The highest BCUT2D eigenvalue weighted by Gasteiger charge is 2.11. The molecule has 142 valence electrons. The van der Waals surface area contributed by atoms with E-state index in [1.165, 1.54) is 27.0 Å². The molecule has 0 aliphatic heterocycles. The number of pyridine rings is 1. The minimum atomic E-state index is 0.800.